The molecule has 0 aliphatic heterocycles. The van der Waals surface area contributed by atoms with Crippen LogP contribution in [0.5, 0.6) is 0 Å². The van der Waals surface area contributed by atoms with Crippen LogP contribution in [0, 0.1) is 22.7 Å². The van der Waals surface area contributed by atoms with E-state index in [0.717, 1.165) is 50.7 Å². The predicted molar refractivity (Wildman–Crippen MR) is 290 cm³/mol. The van der Waals surface area contributed by atoms with Crippen LogP contribution in [0.25, 0.3) is 118 Å². The van der Waals surface area contributed by atoms with Crippen LogP contribution in [0.3, 0.4) is 0 Å². The molecule has 0 amide bonds. The van der Waals surface area contributed by atoms with Crippen LogP contribution in [0.4, 0.5) is 13.2 Å². The van der Waals surface area contributed by atoms with Gasteiger partial charge in [0.25, 0.3) is 0 Å². The number of alkyl halides is 3. The van der Waals surface area contributed by atoms with Crippen LogP contribution in [-0.2, 0) is 6.18 Å². The van der Waals surface area contributed by atoms with Gasteiger partial charge in [-0.2, -0.15) is 23.7 Å². The van der Waals surface area contributed by atoms with E-state index < -0.39 is 11.7 Å². The molecule has 10 heteroatoms. The Morgan fingerprint density at radius 1 is 0.347 bits per heavy atom. The van der Waals surface area contributed by atoms with E-state index in [9.17, 15) is 10.5 Å². The lowest BCUT2D eigenvalue weighted by Crippen LogP contribution is -2.11. The molecule has 0 fully saturated rings. The van der Waals surface area contributed by atoms with Crippen LogP contribution in [0.2, 0.25) is 0 Å². The van der Waals surface area contributed by atoms with Gasteiger partial charge in [0, 0.05) is 44.2 Å². The molecule has 0 atom stereocenters. The van der Waals surface area contributed by atoms with Gasteiger partial charge in [0.1, 0.15) is 0 Å². The Morgan fingerprint density at radius 3 is 1.19 bits per heavy atom. The lowest BCUT2D eigenvalue weighted by atomic mass is 9.96. The normalized spacial score (nSPS) is 11.4. The van der Waals surface area contributed by atoms with Crippen molar-refractivity contribution in [2.24, 2.45) is 0 Å². The standard InChI is InChI=1S/C65H38F3N7/c66-65(67,68)49-35-54(59-38-58(43-21-9-3-10-22-43)71-63(74-59)44-23-11-4-12-24-44)62(55(36-49)64-72-56(41-17-5-1-6-18-41)37-57(73-64)42-19-7-2-8-20-42)75-60-31-29-45(50-27-15-13-25-47(50)39-69)33-52(60)53-34-46(30-32-61(53)75)51-28-16-14-26-48(51)40-70/h1-38H. The van der Waals surface area contributed by atoms with Gasteiger partial charge >= 0.3 is 6.18 Å². The van der Waals surface area contributed by atoms with E-state index in [1.54, 1.807) is 18.2 Å². The summed E-state index contributed by atoms with van der Waals surface area (Å²) >= 11 is 0. The Kier molecular flexibility index (Phi) is 11.6. The lowest BCUT2D eigenvalue weighted by Gasteiger charge is -2.22. The molecular weight excluding hydrogens is 936 g/mol. The minimum absolute atomic E-state index is 0.0484. The predicted octanol–water partition coefficient (Wildman–Crippen LogP) is 16.5. The van der Waals surface area contributed by atoms with E-state index in [-0.39, 0.29) is 22.6 Å². The second-order valence-corrected chi connectivity index (χ2v) is 17.9. The summed E-state index contributed by atoms with van der Waals surface area (Å²) in [6.07, 6.45) is -4.84. The first-order chi connectivity index (χ1) is 36.7. The Bertz CT molecular complexity index is 3860. The first-order valence-electron chi connectivity index (χ1n) is 24.1. The summed E-state index contributed by atoms with van der Waals surface area (Å²) in [5, 5.41) is 22.0. The molecule has 0 spiro atoms. The molecule has 12 rings (SSSR count). The minimum atomic E-state index is -4.84. The van der Waals surface area contributed by atoms with Crippen LogP contribution in [0.1, 0.15) is 16.7 Å². The lowest BCUT2D eigenvalue weighted by molar-refractivity contribution is -0.137. The van der Waals surface area contributed by atoms with Gasteiger partial charge in [-0.1, -0.05) is 170 Å². The Labute approximate surface area is 429 Å². The van der Waals surface area contributed by atoms with Crippen molar-refractivity contribution in [3.63, 3.8) is 0 Å². The number of benzene rings is 9. The molecule has 0 saturated carbocycles. The highest BCUT2D eigenvalue weighted by molar-refractivity contribution is 6.13. The number of hydrogen-bond acceptors (Lipinski definition) is 6. The smallest absolute Gasteiger partial charge is 0.308 e. The third-order valence-electron chi connectivity index (χ3n) is 13.4. The van der Waals surface area contributed by atoms with E-state index in [2.05, 4.69) is 12.1 Å². The van der Waals surface area contributed by atoms with Gasteiger partial charge in [-0.3, -0.25) is 0 Å². The van der Waals surface area contributed by atoms with Crippen LogP contribution in [-0.4, -0.2) is 24.5 Å². The van der Waals surface area contributed by atoms with E-state index in [4.69, 9.17) is 19.9 Å². The van der Waals surface area contributed by atoms with Crippen molar-refractivity contribution in [2.45, 2.75) is 6.18 Å². The number of rotatable bonds is 9. The Balaban J connectivity index is 1.26. The van der Waals surface area contributed by atoms with Gasteiger partial charge in [-0.15, -0.1) is 0 Å². The van der Waals surface area contributed by atoms with Gasteiger partial charge in [0.2, 0.25) is 0 Å². The van der Waals surface area contributed by atoms with Crippen molar-refractivity contribution < 1.29 is 13.2 Å². The summed E-state index contributed by atoms with van der Waals surface area (Å²) in [7, 11) is 0. The number of fused-ring (bicyclic) bond motifs is 3. The molecule has 0 unspecified atom stereocenters. The number of halogens is 3. The fourth-order valence-electron chi connectivity index (χ4n) is 9.81. The molecular formula is C65H38F3N7. The quantitative estimate of drug-likeness (QED) is 0.143. The maximum absolute atomic E-state index is 15.9. The molecule has 9 aromatic carbocycles. The van der Waals surface area contributed by atoms with E-state index >= 15 is 13.2 Å². The summed E-state index contributed by atoms with van der Waals surface area (Å²) in [6, 6.07) is 74.9. The second kappa shape index (κ2) is 19.0. The van der Waals surface area contributed by atoms with Gasteiger partial charge < -0.3 is 4.57 Å². The molecule has 0 N–H and O–H groups in total. The number of nitrogens with zero attached hydrogens (tertiary/aromatic N) is 7. The molecule has 7 nitrogen and oxygen atoms in total. The summed E-state index contributed by atoms with van der Waals surface area (Å²) in [5.41, 5.74) is 9.46. The molecule has 0 radical (unpaired) electrons. The summed E-state index contributed by atoms with van der Waals surface area (Å²) in [5.74, 6) is 0.363. The number of nitriles is 2. The van der Waals surface area contributed by atoms with Gasteiger partial charge in [0.15, 0.2) is 11.6 Å². The third-order valence-corrected chi connectivity index (χ3v) is 13.4. The maximum atomic E-state index is 15.9. The summed E-state index contributed by atoms with van der Waals surface area (Å²) in [4.78, 5) is 20.6. The summed E-state index contributed by atoms with van der Waals surface area (Å²) in [6.45, 7) is 0. The average Bonchev–Trinajstić information content (AvgIpc) is 3.89. The van der Waals surface area contributed by atoms with Crippen LogP contribution >= 0.6 is 0 Å². The highest BCUT2D eigenvalue weighted by atomic mass is 19.4. The maximum Gasteiger partial charge on any atom is 0.416 e. The van der Waals surface area contributed by atoms with Crippen LogP contribution in [0.15, 0.2) is 231 Å². The van der Waals surface area contributed by atoms with E-state index in [1.165, 1.54) is 0 Å². The van der Waals surface area contributed by atoms with Crippen molar-refractivity contribution in [2.75, 3.05) is 0 Å². The van der Waals surface area contributed by atoms with Crippen molar-refractivity contribution in [1.29, 1.82) is 10.5 Å². The zero-order valence-corrected chi connectivity index (χ0v) is 39.7. The molecule has 3 heterocycles. The van der Waals surface area contributed by atoms with Crippen molar-refractivity contribution in [1.82, 2.24) is 24.5 Å². The van der Waals surface area contributed by atoms with Gasteiger partial charge in [-0.25, -0.2) is 19.9 Å². The minimum Gasteiger partial charge on any atom is -0.308 e. The first-order valence-corrected chi connectivity index (χ1v) is 24.1. The van der Waals surface area contributed by atoms with Gasteiger partial charge in [0.05, 0.1) is 68.3 Å². The fraction of sp³-hybridized carbons (Fsp3) is 0.0154. The largest absolute Gasteiger partial charge is 0.416 e. The molecule has 0 bridgehead atoms. The molecule has 3 aromatic heterocycles. The fourth-order valence-corrected chi connectivity index (χ4v) is 9.81. The third kappa shape index (κ3) is 8.63. The highest BCUT2D eigenvalue weighted by Crippen LogP contribution is 2.47. The zero-order chi connectivity index (χ0) is 51.0. The van der Waals surface area contributed by atoms with Crippen molar-refractivity contribution in [3.8, 4) is 108 Å². The second-order valence-electron chi connectivity index (χ2n) is 17.9. The van der Waals surface area contributed by atoms with Crippen molar-refractivity contribution in [3.05, 3.63) is 247 Å². The molecule has 0 saturated heterocycles. The number of aromatic nitrogens is 5. The molecule has 75 heavy (non-hydrogen) atoms. The summed E-state index contributed by atoms with van der Waals surface area (Å²) < 4.78 is 49.8. The average molecular weight is 974 g/mol. The first kappa shape index (κ1) is 45.8. The zero-order valence-electron chi connectivity index (χ0n) is 39.7. The Hall–Kier alpha value is -10.3. The van der Waals surface area contributed by atoms with E-state index in [0.29, 0.717) is 67.4 Å². The van der Waals surface area contributed by atoms with Gasteiger partial charge in [-0.05, 0) is 82.9 Å². The molecule has 12 aromatic rings. The molecule has 0 aliphatic carbocycles. The highest BCUT2D eigenvalue weighted by Gasteiger charge is 2.35. The Morgan fingerprint density at radius 2 is 0.733 bits per heavy atom. The van der Waals surface area contributed by atoms with Crippen molar-refractivity contribution >= 4 is 21.8 Å². The number of hydrogen-bond donors (Lipinski definition) is 0. The monoisotopic (exact) mass is 973 g/mol. The van der Waals surface area contributed by atoms with Crippen LogP contribution < -0.4 is 0 Å². The molecule has 354 valence electrons. The van der Waals surface area contributed by atoms with E-state index in [1.807, 2.05) is 205 Å². The SMILES string of the molecule is N#Cc1ccccc1-c1ccc2c(c1)c1cc(-c3ccccc3C#N)ccc1n2-c1c(-c2cc(-c3ccccc3)nc(-c3ccccc3)n2)cc(C(F)(F)F)cc1-c1nc(-c2ccccc2)cc(-c2ccccc2)n1. The topological polar surface area (TPSA) is 104 Å². The molecule has 0 aliphatic rings.